The molecule has 1 amide bonds. The van der Waals surface area contributed by atoms with Gasteiger partial charge >= 0.3 is 0 Å². The van der Waals surface area contributed by atoms with Gasteiger partial charge in [-0.3, -0.25) is 4.79 Å². The molecule has 1 fully saturated rings. The summed E-state index contributed by atoms with van der Waals surface area (Å²) in [5.41, 5.74) is 0.775. The third-order valence-corrected chi connectivity index (χ3v) is 4.92. The van der Waals surface area contributed by atoms with Crippen molar-refractivity contribution in [3.8, 4) is 11.4 Å². The van der Waals surface area contributed by atoms with Gasteiger partial charge in [0.2, 0.25) is 18.1 Å². The molecule has 1 N–H and O–H groups in total. The topological polar surface area (TPSA) is 80.9 Å². The molecule has 2 aromatic rings. The van der Waals surface area contributed by atoms with Crippen molar-refractivity contribution in [3.05, 3.63) is 24.7 Å². The van der Waals surface area contributed by atoms with E-state index in [-0.39, 0.29) is 22.7 Å². The maximum Gasteiger partial charge on any atom is 0.229 e. The van der Waals surface area contributed by atoms with Gasteiger partial charge in [-0.1, -0.05) is 32.9 Å². The summed E-state index contributed by atoms with van der Waals surface area (Å²) in [4.78, 5) is 20.5. The van der Waals surface area contributed by atoms with Gasteiger partial charge in [0.05, 0.1) is 0 Å². The molecule has 6 nitrogen and oxygen atoms in total. The number of rotatable bonds is 3. The average molecular weight is 286 g/mol. The minimum Gasteiger partial charge on any atom is -0.342 e. The summed E-state index contributed by atoms with van der Waals surface area (Å²) in [6.45, 7) is 8.46. The highest BCUT2D eigenvalue weighted by molar-refractivity contribution is 5.95. The van der Waals surface area contributed by atoms with Crippen LogP contribution in [0.5, 0.6) is 0 Å². The molecule has 0 aromatic carbocycles. The van der Waals surface area contributed by atoms with E-state index in [0.29, 0.717) is 11.6 Å². The van der Waals surface area contributed by atoms with Crippen LogP contribution in [0.25, 0.3) is 11.4 Å². The second-order valence-electron chi connectivity index (χ2n) is 6.55. The lowest BCUT2D eigenvalue weighted by atomic mass is 10.0. The molecule has 0 radical (unpaired) electrons. The minimum absolute atomic E-state index is 0.00341. The number of pyridine rings is 1. The number of nitrogens with one attached hydrogen (secondary N) is 1. The Hall–Kier alpha value is -2.24. The number of hydrogen-bond acceptors (Lipinski definition) is 5. The Morgan fingerprint density at radius 3 is 2.38 bits per heavy atom. The Kier molecular flexibility index (Phi) is 2.86. The van der Waals surface area contributed by atoms with E-state index in [9.17, 15) is 4.79 Å². The Morgan fingerprint density at radius 1 is 1.19 bits per heavy atom. The van der Waals surface area contributed by atoms with Crippen molar-refractivity contribution in [2.45, 2.75) is 27.7 Å². The Balaban J connectivity index is 1.71. The number of carbonyl (C=O) groups excluding carboxylic acids is 1. The molecular weight excluding hydrogens is 268 g/mol. The highest BCUT2D eigenvalue weighted by atomic mass is 16.5. The largest absolute Gasteiger partial charge is 0.342 e. The van der Waals surface area contributed by atoms with Crippen molar-refractivity contribution >= 4 is 11.7 Å². The van der Waals surface area contributed by atoms with Crippen molar-refractivity contribution in [2.24, 2.45) is 16.7 Å². The number of hydrogen-bond donors (Lipinski definition) is 1. The lowest BCUT2D eigenvalue weighted by Crippen LogP contribution is -2.18. The van der Waals surface area contributed by atoms with E-state index in [1.165, 1.54) is 6.39 Å². The summed E-state index contributed by atoms with van der Waals surface area (Å²) in [6, 6.07) is 3.54. The van der Waals surface area contributed by atoms with Gasteiger partial charge in [-0.25, -0.2) is 4.98 Å². The van der Waals surface area contributed by atoms with E-state index in [4.69, 9.17) is 4.52 Å². The molecule has 0 atom stereocenters. The normalized spacial score (nSPS) is 19.2. The minimum atomic E-state index is 0.00341. The van der Waals surface area contributed by atoms with Crippen molar-refractivity contribution in [2.75, 3.05) is 5.32 Å². The quantitative estimate of drug-likeness (QED) is 0.938. The summed E-state index contributed by atoms with van der Waals surface area (Å²) in [6.07, 6.45) is 2.88. The van der Waals surface area contributed by atoms with E-state index in [0.717, 1.165) is 5.56 Å². The van der Waals surface area contributed by atoms with Gasteiger partial charge in [-0.2, -0.15) is 4.98 Å². The smallest absolute Gasteiger partial charge is 0.229 e. The van der Waals surface area contributed by atoms with Gasteiger partial charge in [-0.15, -0.1) is 0 Å². The molecule has 110 valence electrons. The first-order valence-electron chi connectivity index (χ1n) is 6.88. The van der Waals surface area contributed by atoms with Gasteiger partial charge in [0.1, 0.15) is 5.82 Å². The van der Waals surface area contributed by atoms with Crippen molar-refractivity contribution < 1.29 is 9.32 Å². The summed E-state index contributed by atoms with van der Waals surface area (Å²) < 4.78 is 4.69. The molecule has 3 rings (SSSR count). The predicted molar refractivity (Wildman–Crippen MR) is 77.2 cm³/mol. The van der Waals surface area contributed by atoms with Crippen LogP contribution in [0.2, 0.25) is 0 Å². The SMILES string of the molecule is CC1(C)C(C(=O)Nc2ccc(-c3ncon3)cn2)C1(C)C. The zero-order chi connectivity index (χ0) is 15.3. The van der Waals surface area contributed by atoms with Crippen LogP contribution in [-0.4, -0.2) is 21.0 Å². The molecule has 1 saturated carbocycles. The van der Waals surface area contributed by atoms with Gasteiger partial charge < -0.3 is 9.84 Å². The molecule has 1 aliphatic rings. The molecule has 0 spiro atoms. The first-order chi connectivity index (χ1) is 9.84. The molecular formula is C15H18N4O2. The number of nitrogens with zero attached hydrogens (tertiary/aromatic N) is 3. The zero-order valence-electron chi connectivity index (χ0n) is 12.5. The van der Waals surface area contributed by atoms with Crippen LogP contribution in [0.15, 0.2) is 29.2 Å². The third kappa shape index (κ3) is 2.11. The number of anilines is 1. The van der Waals surface area contributed by atoms with Gasteiger partial charge in [0.15, 0.2) is 0 Å². The summed E-state index contributed by atoms with van der Waals surface area (Å²) in [5, 5.41) is 6.61. The van der Waals surface area contributed by atoms with Crippen LogP contribution < -0.4 is 5.32 Å². The van der Waals surface area contributed by atoms with E-state index < -0.39 is 0 Å². The standard InChI is InChI=1S/C15H18N4O2/c1-14(2)11(15(14,3)4)13(20)18-10-6-5-9(7-16-10)12-17-8-21-19-12/h5-8,11H,1-4H3,(H,16,18,20). The van der Waals surface area contributed by atoms with E-state index in [2.05, 4.69) is 48.1 Å². The monoisotopic (exact) mass is 286 g/mol. The summed E-state index contributed by atoms with van der Waals surface area (Å²) in [7, 11) is 0. The fourth-order valence-corrected chi connectivity index (χ4v) is 2.95. The maximum atomic E-state index is 12.3. The van der Waals surface area contributed by atoms with Gasteiger partial charge in [0, 0.05) is 17.7 Å². The van der Waals surface area contributed by atoms with Crippen molar-refractivity contribution in [1.82, 2.24) is 15.1 Å². The molecule has 21 heavy (non-hydrogen) atoms. The lowest BCUT2D eigenvalue weighted by Gasteiger charge is -2.05. The summed E-state index contributed by atoms with van der Waals surface area (Å²) in [5.74, 6) is 1.03. The fraction of sp³-hybridized carbons (Fsp3) is 0.467. The first kappa shape index (κ1) is 13.7. The highest BCUT2D eigenvalue weighted by Crippen LogP contribution is 2.68. The molecule has 0 unspecified atom stereocenters. The number of aromatic nitrogens is 3. The molecule has 0 aliphatic heterocycles. The number of amides is 1. The third-order valence-electron chi connectivity index (χ3n) is 4.92. The molecule has 2 heterocycles. The molecule has 6 heteroatoms. The summed E-state index contributed by atoms with van der Waals surface area (Å²) >= 11 is 0. The fourth-order valence-electron chi connectivity index (χ4n) is 2.95. The average Bonchev–Trinajstić information content (AvgIpc) is 2.80. The van der Waals surface area contributed by atoms with E-state index >= 15 is 0 Å². The van der Waals surface area contributed by atoms with E-state index in [1.54, 1.807) is 18.3 Å². The van der Waals surface area contributed by atoms with Crippen LogP contribution in [0.4, 0.5) is 5.82 Å². The van der Waals surface area contributed by atoms with Gasteiger partial charge in [0.25, 0.3) is 0 Å². The van der Waals surface area contributed by atoms with Crippen LogP contribution in [-0.2, 0) is 4.79 Å². The lowest BCUT2D eigenvalue weighted by molar-refractivity contribution is -0.118. The molecule has 2 aromatic heterocycles. The maximum absolute atomic E-state index is 12.3. The molecule has 0 saturated heterocycles. The van der Waals surface area contributed by atoms with Crippen molar-refractivity contribution in [1.29, 1.82) is 0 Å². The van der Waals surface area contributed by atoms with Crippen LogP contribution >= 0.6 is 0 Å². The van der Waals surface area contributed by atoms with Crippen molar-refractivity contribution in [3.63, 3.8) is 0 Å². The second-order valence-corrected chi connectivity index (χ2v) is 6.55. The molecule has 1 aliphatic carbocycles. The van der Waals surface area contributed by atoms with Gasteiger partial charge in [-0.05, 0) is 23.0 Å². The predicted octanol–water partition coefficient (Wildman–Crippen LogP) is 2.75. The number of carbonyl (C=O) groups is 1. The Bertz CT molecular complexity index is 645. The van der Waals surface area contributed by atoms with Crippen LogP contribution in [0.3, 0.4) is 0 Å². The van der Waals surface area contributed by atoms with Crippen LogP contribution in [0, 0.1) is 16.7 Å². The Labute approximate surface area is 123 Å². The zero-order valence-corrected chi connectivity index (χ0v) is 12.5. The second kappa shape index (κ2) is 4.38. The van der Waals surface area contributed by atoms with Crippen LogP contribution in [0.1, 0.15) is 27.7 Å². The van der Waals surface area contributed by atoms with E-state index in [1.807, 2.05) is 0 Å². The molecule has 0 bridgehead atoms. The Morgan fingerprint density at radius 2 is 1.90 bits per heavy atom. The highest BCUT2D eigenvalue weighted by Gasteiger charge is 2.68. The first-order valence-corrected chi connectivity index (χ1v) is 6.88.